The number of anilines is 1. The van der Waals surface area contributed by atoms with Crippen molar-refractivity contribution in [3.8, 4) is 34.0 Å². The maximum absolute atomic E-state index is 14.3. The molecule has 0 fully saturated rings. The van der Waals surface area contributed by atoms with Crippen LogP contribution in [0.25, 0.3) is 49.7 Å². The van der Waals surface area contributed by atoms with Gasteiger partial charge in [0.1, 0.15) is 0 Å². The summed E-state index contributed by atoms with van der Waals surface area (Å²) in [4.78, 5) is 29.4. The van der Waals surface area contributed by atoms with E-state index in [0.29, 0.717) is 28.1 Å². The van der Waals surface area contributed by atoms with Crippen molar-refractivity contribution in [1.29, 1.82) is 5.26 Å². The number of amides is 2. The van der Waals surface area contributed by atoms with Crippen molar-refractivity contribution in [3.05, 3.63) is 156 Å². The van der Waals surface area contributed by atoms with Gasteiger partial charge in [-0.2, -0.15) is 5.26 Å². The lowest BCUT2D eigenvalue weighted by Crippen LogP contribution is -2.29. The second-order valence-corrected chi connectivity index (χ2v) is 10.8. The Kier molecular flexibility index (Phi) is 5.75. The molecule has 0 saturated heterocycles. The number of benzene rings is 6. The summed E-state index contributed by atoms with van der Waals surface area (Å²) in [6.07, 6.45) is 0. The van der Waals surface area contributed by atoms with Crippen LogP contribution < -0.4 is 4.90 Å². The molecule has 6 aromatic carbocycles. The average molecular weight is 566 g/mol. The van der Waals surface area contributed by atoms with Crippen LogP contribution in [0, 0.1) is 11.3 Å². The predicted molar refractivity (Wildman–Crippen MR) is 174 cm³/mol. The molecule has 2 heterocycles. The van der Waals surface area contributed by atoms with Gasteiger partial charge in [-0.15, -0.1) is 0 Å². The first-order valence-electron chi connectivity index (χ1n) is 14.3. The molecule has 1 aromatic heterocycles. The molecule has 5 heteroatoms. The van der Waals surface area contributed by atoms with Crippen molar-refractivity contribution >= 4 is 39.3 Å². The van der Waals surface area contributed by atoms with E-state index in [0.717, 1.165) is 44.1 Å². The molecule has 0 unspecified atom stereocenters. The van der Waals surface area contributed by atoms with Gasteiger partial charge in [-0.25, -0.2) is 4.90 Å². The minimum atomic E-state index is -0.347. The second-order valence-electron chi connectivity index (χ2n) is 10.8. The van der Waals surface area contributed by atoms with E-state index in [9.17, 15) is 14.9 Å². The monoisotopic (exact) mass is 565 g/mol. The fourth-order valence-electron chi connectivity index (χ4n) is 6.29. The first-order chi connectivity index (χ1) is 21.6. The molecular weight excluding hydrogens is 542 g/mol. The Bertz CT molecular complexity index is 2330. The fraction of sp³-hybridized carbons (Fsp3) is 0. The highest BCUT2D eigenvalue weighted by atomic mass is 16.2. The molecule has 0 radical (unpaired) electrons. The molecule has 0 atom stereocenters. The smallest absolute Gasteiger partial charge is 0.268 e. The lowest BCUT2D eigenvalue weighted by Gasteiger charge is -2.16. The summed E-state index contributed by atoms with van der Waals surface area (Å²) in [5.74, 6) is -0.684. The quantitative estimate of drug-likeness (QED) is 0.200. The van der Waals surface area contributed by atoms with Crippen molar-refractivity contribution in [2.45, 2.75) is 0 Å². The number of fused-ring (bicyclic) bond motifs is 4. The highest BCUT2D eigenvalue weighted by Gasteiger charge is 2.39. The lowest BCUT2D eigenvalue weighted by molar-refractivity contribution is 0.0926. The standard InChI is InChI=1S/C39H23N3O2/c40-24-25-16-18-27(19-17-25)29-20-21-32-31-12-4-5-14-34(31)42(36(32)23-29)35-15-7-13-33-37(35)39(44)41(38(33)43)30-11-6-10-28(22-30)26-8-2-1-3-9-26/h1-23H. The van der Waals surface area contributed by atoms with Crippen LogP contribution in [0.3, 0.4) is 0 Å². The molecule has 44 heavy (non-hydrogen) atoms. The van der Waals surface area contributed by atoms with Crippen LogP contribution in [0.15, 0.2) is 140 Å². The Labute approximate surface area is 253 Å². The van der Waals surface area contributed by atoms with Crippen molar-refractivity contribution in [3.63, 3.8) is 0 Å². The third-order valence-corrected chi connectivity index (χ3v) is 8.37. The molecule has 1 aliphatic rings. The van der Waals surface area contributed by atoms with Gasteiger partial charge in [0.2, 0.25) is 0 Å². The molecule has 7 aromatic rings. The van der Waals surface area contributed by atoms with Crippen molar-refractivity contribution in [2.24, 2.45) is 0 Å². The number of hydrogen-bond acceptors (Lipinski definition) is 3. The highest BCUT2D eigenvalue weighted by molar-refractivity contribution is 6.36. The first kappa shape index (κ1) is 25.5. The van der Waals surface area contributed by atoms with Crippen molar-refractivity contribution < 1.29 is 9.59 Å². The van der Waals surface area contributed by atoms with Crippen LogP contribution in [0.1, 0.15) is 26.3 Å². The molecule has 0 aliphatic carbocycles. The van der Waals surface area contributed by atoms with Crippen LogP contribution in [-0.4, -0.2) is 16.4 Å². The number of imide groups is 1. The minimum Gasteiger partial charge on any atom is -0.308 e. The van der Waals surface area contributed by atoms with Crippen LogP contribution in [0.2, 0.25) is 0 Å². The normalized spacial score (nSPS) is 12.6. The van der Waals surface area contributed by atoms with Gasteiger partial charge in [-0.3, -0.25) is 9.59 Å². The van der Waals surface area contributed by atoms with Crippen LogP contribution in [0.4, 0.5) is 5.69 Å². The van der Waals surface area contributed by atoms with Gasteiger partial charge in [0.05, 0.1) is 45.2 Å². The number of hydrogen-bond donors (Lipinski definition) is 0. The minimum absolute atomic E-state index is 0.337. The van der Waals surface area contributed by atoms with E-state index in [4.69, 9.17) is 0 Å². The lowest BCUT2D eigenvalue weighted by atomic mass is 10.0. The van der Waals surface area contributed by atoms with Gasteiger partial charge in [0.25, 0.3) is 11.8 Å². The zero-order chi connectivity index (χ0) is 29.8. The van der Waals surface area contributed by atoms with E-state index >= 15 is 0 Å². The van der Waals surface area contributed by atoms with Crippen LogP contribution in [-0.2, 0) is 0 Å². The zero-order valence-electron chi connectivity index (χ0n) is 23.4. The fourth-order valence-corrected chi connectivity index (χ4v) is 6.29. The molecule has 5 nitrogen and oxygen atoms in total. The number of rotatable bonds is 4. The maximum atomic E-state index is 14.3. The van der Waals surface area contributed by atoms with Gasteiger partial charge >= 0.3 is 0 Å². The molecule has 206 valence electrons. The molecule has 0 spiro atoms. The van der Waals surface area contributed by atoms with Gasteiger partial charge < -0.3 is 4.57 Å². The van der Waals surface area contributed by atoms with Gasteiger partial charge in [0, 0.05) is 10.8 Å². The Hall–Kier alpha value is -6.25. The summed E-state index contributed by atoms with van der Waals surface area (Å²) in [7, 11) is 0. The number of para-hydroxylation sites is 1. The maximum Gasteiger partial charge on any atom is 0.268 e. The number of carbonyl (C=O) groups is 2. The molecule has 2 amide bonds. The van der Waals surface area contributed by atoms with Gasteiger partial charge in [-0.05, 0) is 70.8 Å². The van der Waals surface area contributed by atoms with Crippen molar-refractivity contribution in [2.75, 3.05) is 4.90 Å². The number of nitriles is 1. The number of carbonyl (C=O) groups excluding carboxylic acids is 2. The van der Waals surface area contributed by atoms with E-state index in [-0.39, 0.29) is 11.8 Å². The van der Waals surface area contributed by atoms with Crippen LogP contribution in [0.5, 0.6) is 0 Å². The summed E-state index contributed by atoms with van der Waals surface area (Å²) in [6.45, 7) is 0. The molecule has 0 bridgehead atoms. The first-order valence-corrected chi connectivity index (χ1v) is 14.3. The molecule has 0 saturated carbocycles. The SMILES string of the molecule is N#Cc1ccc(-c2ccc3c4ccccc4n(-c4cccc5c4C(=O)N(c4cccc(-c6ccccc6)c4)C5=O)c3c2)cc1. The summed E-state index contributed by atoms with van der Waals surface area (Å²) < 4.78 is 2.09. The summed E-state index contributed by atoms with van der Waals surface area (Å²) in [6, 6.07) is 47.0. The van der Waals surface area contributed by atoms with Crippen molar-refractivity contribution in [1.82, 2.24) is 4.57 Å². The average Bonchev–Trinajstić information content (AvgIpc) is 3.55. The van der Waals surface area contributed by atoms with E-state index in [2.05, 4.69) is 34.9 Å². The molecule has 8 rings (SSSR count). The summed E-state index contributed by atoms with van der Waals surface area (Å²) >= 11 is 0. The zero-order valence-corrected chi connectivity index (χ0v) is 23.4. The third-order valence-electron chi connectivity index (χ3n) is 8.37. The third kappa shape index (κ3) is 3.86. The molecular formula is C39H23N3O2. The Morgan fingerprint density at radius 1 is 0.523 bits per heavy atom. The Morgan fingerprint density at radius 3 is 2.00 bits per heavy atom. The van der Waals surface area contributed by atoms with Gasteiger partial charge in [-0.1, -0.05) is 91.0 Å². The Morgan fingerprint density at radius 2 is 1.18 bits per heavy atom. The van der Waals surface area contributed by atoms with Crippen LogP contribution >= 0.6 is 0 Å². The number of aromatic nitrogens is 1. The van der Waals surface area contributed by atoms with E-state index in [1.807, 2.05) is 103 Å². The van der Waals surface area contributed by atoms with E-state index in [1.54, 1.807) is 12.1 Å². The Balaban J connectivity index is 1.31. The number of nitrogens with zero attached hydrogens (tertiary/aromatic N) is 3. The molecule has 1 aliphatic heterocycles. The molecule has 0 N–H and O–H groups in total. The van der Waals surface area contributed by atoms with Gasteiger partial charge in [0.15, 0.2) is 0 Å². The predicted octanol–water partition coefficient (Wildman–Crippen LogP) is 8.79. The van der Waals surface area contributed by atoms with E-state index in [1.165, 1.54) is 4.90 Å². The largest absolute Gasteiger partial charge is 0.308 e. The summed E-state index contributed by atoms with van der Waals surface area (Å²) in [5, 5.41) is 11.3. The highest BCUT2D eigenvalue weighted by Crippen LogP contribution is 2.39. The second kappa shape index (κ2) is 9.94. The topological polar surface area (TPSA) is 66.1 Å². The van der Waals surface area contributed by atoms with E-state index < -0.39 is 0 Å². The summed E-state index contributed by atoms with van der Waals surface area (Å²) in [5.41, 5.74) is 8.33.